The second-order valence-corrected chi connectivity index (χ2v) is 8.11. The summed E-state index contributed by atoms with van der Waals surface area (Å²) in [6, 6.07) is 1.62. The lowest BCUT2D eigenvalue weighted by Crippen LogP contribution is -2.44. The Morgan fingerprint density at radius 1 is 1.43 bits per heavy atom. The largest absolute Gasteiger partial charge is 0.416 e. The molecule has 0 unspecified atom stereocenters. The van der Waals surface area contributed by atoms with Crippen LogP contribution in [-0.4, -0.2) is 26.2 Å². The van der Waals surface area contributed by atoms with E-state index in [0.717, 1.165) is 18.6 Å². The van der Waals surface area contributed by atoms with Gasteiger partial charge in [-0.25, -0.2) is 13.1 Å². The zero-order valence-electron chi connectivity index (χ0n) is 12.3. The summed E-state index contributed by atoms with van der Waals surface area (Å²) < 4.78 is 65.6. The highest BCUT2D eigenvalue weighted by Crippen LogP contribution is 2.39. The molecule has 1 aliphatic carbocycles. The number of sulfonamides is 1. The van der Waals surface area contributed by atoms with Gasteiger partial charge in [-0.15, -0.1) is 0 Å². The zero-order valence-corrected chi connectivity index (χ0v) is 13.9. The Morgan fingerprint density at radius 3 is 2.65 bits per heavy atom. The molecule has 23 heavy (non-hydrogen) atoms. The number of aliphatic hydroxyl groups is 1. The summed E-state index contributed by atoms with van der Waals surface area (Å²) in [6.45, 7) is 1.53. The van der Waals surface area contributed by atoms with Crippen LogP contribution in [0.5, 0.6) is 0 Å². The third-order valence-corrected chi connectivity index (χ3v) is 6.24. The van der Waals surface area contributed by atoms with Gasteiger partial charge in [-0.05, 0) is 31.0 Å². The van der Waals surface area contributed by atoms with Gasteiger partial charge in [0.1, 0.15) is 4.90 Å². The minimum atomic E-state index is -4.66. The molecule has 2 N–H and O–H groups in total. The summed E-state index contributed by atoms with van der Waals surface area (Å²) in [5.74, 6) is 0. The molecule has 1 fully saturated rings. The highest BCUT2D eigenvalue weighted by molar-refractivity contribution is 7.89. The summed E-state index contributed by atoms with van der Waals surface area (Å²) in [6.07, 6.45) is -2.80. The number of halogens is 4. The molecule has 2 rings (SSSR count). The highest BCUT2D eigenvalue weighted by atomic mass is 35.5. The van der Waals surface area contributed by atoms with Crippen molar-refractivity contribution in [2.75, 3.05) is 6.61 Å². The van der Waals surface area contributed by atoms with Crippen molar-refractivity contribution in [3.8, 4) is 0 Å². The van der Waals surface area contributed by atoms with Crippen molar-refractivity contribution in [3.05, 3.63) is 28.8 Å². The fourth-order valence-electron chi connectivity index (χ4n) is 2.76. The molecule has 4 nitrogen and oxygen atoms in total. The Morgan fingerprint density at radius 2 is 2.09 bits per heavy atom. The highest BCUT2D eigenvalue weighted by Gasteiger charge is 2.41. The van der Waals surface area contributed by atoms with Crippen molar-refractivity contribution in [1.29, 1.82) is 0 Å². The van der Waals surface area contributed by atoms with Gasteiger partial charge in [0.15, 0.2) is 0 Å². The van der Waals surface area contributed by atoms with Crippen LogP contribution < -0.4 is 4.72 Å². The van der Waals surface area contributed by atoms with E-state index in [1.165, 1.54) is 0 Å². The van der Waals surface area contributed by atoms with Gasteiger partial charge in [0.2, 0.25) is 10.0 Å². The van der Waals surface area contributed by atoms with Crippen LogP contribution in [0.25, 0.3) is 0 Å². The lowest BCUT2D eigenvalue weighted by atomic mass is 9.86. The van der Waals surface area contributed by atoms with Crippen LogP contribution >= 0.6 is 11.6 Å². The van der Waals surface area contributed by atoms with E-state index in [1.807, 2.05) is 0 Å². The molecule has 0 spiro atoms. The van der Waals surface area contributed by atoms with E-state index in [0.29, 0.717) is 18.9 Å². The molecule has 0 saturated heterocycles. The van der Waals surface area contributed by atoms with Crippen molar-refractivity contribution in [2.24, 2.45) is 5.41 Å². The van der Waals surface area contributed by atoms with Gasteiger partial charge >= 0.3 is 6.18 Å². The minimum Gasteiger partial charge on any atom is -0.396 e. The normalized spacial score (nSPS) is 25.7. The molecule has 2 atom stereocenters. The lowest BCUT2D eigenvalue weighted by Gasteiger charge is -2.30. The molecule has 9 heteroatoms. The molecule has 1 aliphatic rings. The molecule has 0 bridgehead atoms. The molecule has 0 heterocycles. The second kappa shape index (κ2) is 6.23. The van der Waals surface area contributed by atoms with Crippen molar-refractivity contribution in [1.82, 2.24) is 4.72 Å². The average Bonchev–Trinajstić information content (AvgIpc) is 2.79. The Bertz CT molecular complexity index is 693. The van der Waals surface area contributed by atoms with Crippen LogP contribution in [0.4, 0.5) is 13.2 Å². The van der Waals surface area contributed by atoms with Gasteiger partial charge in [0, 0.05) is 18.1 Å². The summed E-state index contributed by atoms with van der Waals surface area (Å²) in [5, 5.41) is 9.18. The Kier molecular flexibility index (Phi) is 5.02. The molecule has 130 valence electrons. The van der Waals surface area contributed by atoms with E-state index in [4.69, 9.17) is 11.6 Å². The summed E-state index contributed by atoms with van der Waals surface area (Å²) in [7, 11) is -4.23. The molecular formula is C14H17ClF3NO3S. The third-order valence-electron chi connectivity index (χ3n) is 4.29. The fraction of sp³-hybridized carbons (Fsp3) is 0.571. The van der Waals surface area contributed by atoms with Crippen LogP contribution in [0, 0.1) is 5.41 Å². The van der Waals surface area contributed by atoms with E-state index in [9.17, 15) is 26.7 Å². The Balaban J connectivity index is 2.37. The van der Waals surface area contributed by atoms with Gasteiger partial charge in [0.25, 0.3) is 0 Å². The predicted molar refractivity (Wildman–Crippen MR) is 79.6 cm³/mol. The molecule has 0 amide bonds. The van der Waals surface area contributed by atoms with Crippen LogP contribution in [0.15, 0.2) is 23.1 Å². The van der Waals surface area contributed by atoms with E-state index in [1.54, 1.807) is 6.92 Å². The molecule has 0 radical (unpaired) electrons. The van der Waals surface area contributed by atoms with Gasteiger partial charge < -0.3 is 5.11 Å². The first-order valence-electron chi connectivity index (χ1n) is 6.99. The minimum absolute atomic E-state index is 0.212. The van der Waals surface area contributed by atoms with Crippen molar-refractivity contribution < 1.29 is 26.7 Å². The Hall–Kier alpha value is -0.830. The van der Waals surface area contributed by atoms with Crippen molar-refractivity contribution in [2.45, 2.75) is 43.3 Å². The number of rotatable bonds is 4. The fourth-order valence-corrected chi connectivity index (χ4v) is 4.69. The standard InChI is InChI=1S/C14H17ClF3NO3S/c1-13(8-20)6-2-3-12(13)19-23(21,22)11-7-9(14(16,17)18)4-5-10(11)15/h4-5,7,12,19-20H,2-3,6,8H2,1H3/t12-,13-/m0/s1. The van der Waals surface area contributed by atoms with Gasteiger partial charge in [-0.3, -0.25) is 0 Å². The topological polar surface area (TPSA) is 66.4 Å². The summed E-state index contributed by atoms with van der Waals surface area (Å²) in [4.78, 5) is -0.610. The summed E-state index contributed by atoms with van der Waals surface area (Å²) >= 11 is 5.79. The van der Waals surface area contributed by atoms with E-state index in [2.05, 4.69) is 4.72 Å². The van der Waals surface area contributed by atoms with Gasteiger partial charge in [-0.1, -0.05) is 24.9 Å². The first kappa shape index (κ1) is 18.5. The van der Waals surface area contributed by atoms with Crippen LogP contribution in [0.1, 0.15) is 31.7 Å². The number of hydrogen-bond donors (Lipinski definition) is 2. The second-order valence-electron chi connectivity index (χ2n) is 6.02. The van der Waals surface area contributed by atoms with E-state index >= 15 is 0 Å². The first-order valence-corrected chi connectivity index (χ1v) is 8.86. The lowest BCUT2D eigenvalue weighted by molar-refractivity contribution is -0.137. The Labute approximate surface area is 137 Å². The van der Waals surface area contributed by atoms with Crippen LogP contribution in [-0.2, 0) is 16.2 Å². The first-order chi connectivity index (χ1) is 10.5. The van der Waals surface area contributed by atoms with Gasteiger partial charge in [0.05, 0.1) is 10.6 Å². The molecule has 1 saturated carbocycles. The molecule has 0 aliphatic heterocycles. The maximum atomic E-state index is 12.8. The maximum absolute atomic E-state index is 12.8. The summed E-state index contributed by atoms with van der Waals surface area (Å²) in [5.41, 5.74) is -1.72. The smallest absolute Gasteiger partial charge is 0.396 e. The van der Waals surface area contributed by atoms with Crippen molar-refractivity contribution in [3.63, 3.8) is 0 Å². The van der Waals surface area contributed by atoms with Crippen LogP contribution in [0.3, 0.4) is 0 Å². The monoisotopic (exact) mass is 371 g/mol. The molecule has 1 aromatic rings. The molecular weight excluding hydrogens is 355 g/mol. The zero-order chi connectivity index (χ0) is 17.5. The average molecular weight is 372 g/mol. The quantitative estimate of drug-likeness (QED) is 0.854. The predicted octanol–water partition coefficient (Wildman–Crippen LogP) is 3.19. The number of aliphatic hydroxyl groups excluding tert-OH is 1. The molecule has 1 aromatic carbocycles. The van der Waals surface area contributed by atoms with E-state index < -0.39 is 38.1 Å². The number of nitrogens with one attached hydrogen (secondary N) is 1. The molecule has 0 aromatic heterocycles. The maximum Gasteiger partial charge on any atom is 0.416 e. The number of benzene rings is 1. The number of hydrogen-bond acceptors (Lipinski definition) is 3. The number of alkyl halides is 3. The third kappa shape index (κ3) is 3.81. The van der Waals surface area contributed by atoms with E-state index in [-0.39, 0.29) is 11.6 Å². The van der Waals surface area contributed by atoms with Crippen molar-refractivity contribution >= 4 is 21.6 Å². The van der Waals surface area contributed by atoms with Gasteiger partial charge in [-0.2, -0.15) is 13.2 Å². The van der Waals surface area contributed by atoms with Crippen LogP contribution in [0.2, 0.25) is 5.02 Å². The SMILES string of the molecule is C[C@@]1(CO)CCC[C@@H]1NS(=O)(=O)c1cc(C(F)(F)F)ccc1Cl.